The largest absolute Gasteiger partial charge is 0.382 e. The summed E-state index contributed by atoms with van der Waals surface area (Å²) in [7, 11) is -0.737. The Labute approximate surface area is 211 Å². The first-order valence-electron chi connectivity index (χ1n) is 12.0. The maximum Gasteiger partial charge on any atom is 0.163 e. The van der Waals surface area contributed by atoms with Gasteiger partial charge in [0.1, 0.15) is 23.8 Å². The summed E-state index contributed by atoms with van der Waals surface area (Å²) in [6.07, 6.45) is 2.05. The van der Waals surface area contributed by atoms with Gasteiger partial charge in [-0.15, -0.1) is 10.2 Å². The van der Waals surface area contributed by atoms with Gasteiger partial charge >= 0.3 is 0 Å². The summed E-state index contributed by atoms with van der Waals surface area (Å²) in [5.41, 5.74) is 0. The van der Waals surface area contributed by atoms with Gasteiger partial charge in [-0.1, -0.05) is 0 Å². The molecule has 13 heteroatoms. The zero-order chi connectivity index (χ0) is 26.5. The van der Waals surface area contributed by atoms with Gasteiger partial charge in [-0.3, -0.25) is 0 Å². The van der Waals surface area contributed by atoms with Crippen LogP contribution in [0.3, 0.4) is 0 Å². The van der Waals surface area contributed by atoms with Crippen molar-refractivity contribution in [3.8, 4) is 0 Å². The maximum atomic E-state index is 13.7. The second-order valence-electron chi connectivity index (χ2n) is 9.30. The average molecular weight is 530 g/mol. The van der Waals surface area contributed by atoms with E-state index in [1.165, 1.54) is 6.92 Å². The lowest BCUT2D eigenvalue weighted by atomic mass is 10.2. The predicted octanol–water partition coefficient (Wildman–Crippen LogP) is 2.75. The van der Waals surface area contributed by atoms with Crippen molar-refractivity contribution in [2.24, 2.45) is 0 Å². The highest BCUT2D eigenvalue weighted by Crippen LogP contribution is 2.34. The van der Waals surface area contributed by atoms with Crippen molar-refractivity contribution in [3.63, 3.8) is 0 Å². The lowest BCUT2D eigenvalue weighted by molar-refractivity contribution is 0.00131. The summed E-state index contributed by atoms with van der Waals surface area (Å²) >= 11 is 0. The molecule has 1 fully saturated rings. The third-order valence-electron chi connectivity index (χ3n) is 6.03. The third-order valence-corrected chi connectivity index (χ3v) is 8.07. The molecule has 0 radical (unpaired) electrons. The summed E-state index contributed by atoms with van der Waals surface area (Å²) < 4.78 is 65.2. The van der Waals surface area contributed by atoms with Crippen LogP contribution in [0.5, 0.6) is 0 Å². The van der Waals surface area contributed by atoms with Crippen molar-refractivity contribution >= 4 is 9.84 Å². The van der Waals surface area contributed by atoms with Gasteiger partial charge < -0.3 is 23.5 Å². The van der Waals surface area contributed by atoms with E-state index in [0.717, 1.165) is 25.2 Å². The van der Waals surface area contributed by atoms with Crippen molar-refractivity contribution in [2.75, 3.05) is 27.4 Å². The Morgan fingerprint density at radius 2 is 1.75 bits per heavy atom. The number of aromatic nitrogens is 5. The smallest absolute Gasteiger partial charge is 0.163 e. The van der Waals surface area contributed by atoms with Crippen molar-refractivity contribution < 1.29 is 31.8 Å². The van der Waals surface area contributed by atoms with E-state index in [0.29, 0.717) is 5.82 Å². The molecule has 0 aromatic carbocycles. The lowest BCUT2D eigenvalue weighted by Crippen LogP contribution is -2.33. The highest BCUT2D eigenvalue weighted by atomic mass is 32.2. The second-order valence-corrected chi connectivity index (χ2v) is 11.7. The van der Waals surface area contributed by atoms with Crippen molar-refractivity contribution in [1.29, 1.82) is 0 Å². The standard InChI is InChI=1S/C23H36FN5O6S/c1-14(2)34-21(22-25-9-17(24)10-26-22)16(4)36(30,31)13-20-27-28-23(19-8-7-15(3)35-19)29(20)18(11-32-5)12-33-6/h9-10,14-16,18-19,21H,7-8,11-13H2,1-6H3/t15-,16-,19-,21+/m0/s1. The summed E-state index contributed by atoms with van der Waals surface area (Å²) in [4.78, 5) is 7.95. The molecule has 36 heavy (non-hydrogen) atoms. The molecule has 11 nitrogen and oxygen atoms in total. The van der Waals surface area contributed by atoms with Gasteiger partial charge in [0.15, 0.2) is 27.3 Å². The summed E-state index contributed by atoms with van der Waals surface area (Å²) in [6.45, 7) is 7.61. The number of ether oxygens (including phenoxy) is 4. The minimum absolute atomic E-state index is 0.0697. The van der Waals surface area contributed by atoms with Crippen LogP contribution in [0.4, 0.5) is 4.39 Å². The molecule has 1 aliphatic heterocycles. The average Bonchev–Trinajstić information content (AvgIpc) is 3.43. The molecule has 3 rings (SSSR count). The fourth-order valence-electron chi connectivity index (χ4n) is 4.27. The first kappa shape index (κ1) is 28.5. The Hall–Kier alpha value is -2.06. The van der Waals surface area contributed by atoms with E-state index in [-0.39, 0.29) is 49.2 Å². The molecule has 0 saturated carbocycles. The zero-order valence-electron chi connectivity index (χ0n) is 21.6. The van der Waals surface area contributed by atoms with E-state index in [9.17, 15) is 12.8 Å². The van der Waals surface area contributed by atoms with Gasteiger partial charge in [0.05, 0.1) is 49.1 Å². The Morgan fingerprint density at radius 3 is 2.28 bits per heavy atom. The minimum Gasteiger partial charge on any atom is -0.382 e. The van der Waals surface area contributed by atoms with Crippen LogP contribution >= 0.6 is 0 Å². The molecule has 0 spiro atoms. The normalized spacial score (nSPS) is 20.4. The fourth-order valence-corrected chi connectivity index (χ4v) is 5.65. The van der Waals surface area contributed by atoms with Crippen molar-refractivity contribution in [2.45, 2.75) is 82.0 Å². The van der Waals surface area contributed by atoms with E-state index in [2.05, 4.69) is 20.2 Å². The quantitative estimate of drug-likeness (QED) is 0.382. The minimum atomic E-state index is -3.87. The number of halogens is 1. The predicted molar refractivity (Wildman–Crippen MR) is 128 cm³/mol. The highest BCUT2D eigenvalue weighted by molar-refractivity contribution is 7.91. The third kappa shape index (κ3) is 6.82. The number of hydrogen-bond donors (Lipinski definition) is 0. The van der Waals surface area contributed by atoms with Crippen LogP contribution < -0.4 is 0 Å². The van der Waals surface area contributed by atoms with E-state index < -0.39 is 32.8 Å². The van der Waals surface area contributed by atoms with E-state index in [1.807, 2.05) is 6.92 Å². The molecular formula is C23H36FN5O6S. The van der Waals surface area contributed by atoms with E-state index in [1.54, 1.807) is 32.6 Å². The number of sulfone groups is 1. The Morgan fingerprint density at radius 1 is 1.11 bits per heavy atom. The monoisotopic (exact) mass is 529 g/mol. The molecule has 0 amide bonds. The summed E-state index contributed by atoms with van der Waals surface area (Å²) in [5.74, 6) is -0.139. The first-order valence-corrected chi connectivity index (χ1v) is 13.7. The molecule has 2 aromatic rings. The Bertz CT molecular complexity index is 1080. The van der Waals surface area contributed by atoms with E-state index >= 15 is 0 Å². The lowest BCUT2D eigenvalue weighted by Gasteiger charge is -2.26. The fraction of sp³-hybridized carbons (Fsp3) is 0.739. The molecule has 3 heterocycles. The second kappa shape index (κ2) is 12.5. The molecule has 0 aliphatic carbocycles. The van der Waals surface area contributed by atoms with Crippen LogP contribution in [-0.4, -0.2) is 78.0 Å². The van der Waals surface area contributed by atoms with Crippen LogP contribution in [0, 0.1) is 5.82 Å². The van der Waals surface area contributed by atoms with Gasteiger partial charge in [-0.2, -0.15) is 0 Å². The number of rotatable bonds is 13. The molecular weight excluding hydrogens is 493 g/mol. The van der Waals surface area contributed by atoms with Gasteiger partial charge in [-0.05, 0) is 40.5 Å². The van der Waals surface area contributed by atoms with E-state index in [4.69, 9.17) is 18.9 Å². The number of methoxy groups -OCH3 is 2. The molecule has 1 aliphatic rings. The van der Waals surface area contributed by atoms with Crippen LogP contribution in [0.15, 0.2) is 12.4 Å². The number of nitrogens with zero attached hydrogens (tertiary/aromatic N) is 5. The molecule has 2 aromatic heterocycles. The van der Waals surface area contributed by atoms with Gasteiger partial charge in [0.25, 0.3) is 0 Å². The van der Waals surface area contributed by atoms with Crippen LogP contribution in [0.1, 0.15) is 76.3 Å². The molecule has 1 saturated heterocycles. The molecule has 0 bridgehead atoms. The first-order chi connectivity index (χ1) is 17.1. The van der Waals surface area contributed by atoms with Crippen LogP contribution in [0.2, 0.25) is 0 Å². The van der Waals surface area contributed by atoms with Gasteiger partial charge in [0, 0.05) is 14.2 Å². The molecule has 202 valence electrons. The Kier molecular flexibility index (Phi) is 9.86. The summed E-state index contributed by atoms with van der Waals surface area (Å²) in [5, 5.41) is 7.55. The summed E-state index contributed by atoms with van der Waals surface area (Å²) in [6, 6.07) is -0.354. The Balaban J connectivity index is 1.97. The zero-order valence-corrected chi connectivity index (χ0v) is 22.4. The topological polar surface area (TPSA) is 128 Å². The highest BCUT2D eigenvalue weighted by Gasteiger charge is 2.37. The number of hydrogen-bond acceptors (Lipinski definition) is 10. The maximum absolute atomic E-state index is 13.7. The van der Waals surface area contributed by atoms with Crippen LogP contribution in [-0.2, 0) is 34.5 Å². The van der Waals surface area contributed by atoms with Gasteiger partial charge in [0.2, 0.25) is 0 Å². The SMILES string of the molecule is COCC(COC)n1c(CS(=O)(=O)[C@@H](C)[C@@H](OC(C)C)c2ncc(F)cn2)nnc1[C@@H]1CC[C@H](C)O1. The molecule has 0 N–H and O–H groups in total. The van der Waals surface area contributed by atoms with Crippen LogP contribution in [0.25, 0.3) is 0 Å². The van der Waals surface area contributed by atoms with Crippen molar-refractivity contribution in [3.05, 3.63) is 35.7 Å². The van der Waals surface area contributed by atoms with Crippen molar-refractivity contribution in [1.82, 2.24) is 24.7 Å². The molecule has 4 atom stereocenters. The molecule has 0 unspecified atom stereocenters. The van der Waals surface area contributed by atoms with Gasteiger partial charge in [-0.25, -0.2) is 22.8 Å².